The quantitative estimate of drug-likeness (QED) is 0.448. The van der Waals surface area contributed by atoms with Crippen molar-refractivity contribution < 1.29 is 4.74 Å². The SMILES string of the molecule is CC(Cn1ncnn1)Oc1cc(-c2cnc(Nc3cnn(C(C)C)c3)nc2)ccc1C#N. The van der Waals surface area contributed by atoms with E-state index in [9.17, 15) is 5.26 Å². The predicted octanol–water partition coefficient (Wildman–Crippen LogP) is 2.99. The zero-order chi connectivity index (χ0) is 22.5. The van der Waals surface area contributed by atoms with E-state index in [2.05, 4.69) is 55.7 Å². The molecule has 0 saturated carbocycles. The van der Waals surface area contributed by atoms with Gasteiger partial charge in [0.05, 0.1) is 24.0 Å². The summed E-state index contributed by atoms with van der Waals surface area (Å²) in [5, 5.41) is 28.4. The van der Waals surface area contributed by atoms with E-state index in [0.29, 0.717) is 23.8 Å². The zero-order valence-electron chi connectivity index (χ0n) is 17.9. The first-order valence-corrected chi connectivity index (χ1v) is 10.1. The van der Waals surface area contributed by atoms with E-state index < -0.39 is 0 Å². The Kier molecular flexibility index (Phi) is 6.03. The second-order valence-corrected chi connectivity index (χ2v) is 7.47. The molecule has 0 fully saturated rings. The number of rotatable bonds is 8. The minimum absolute atomic E-state index is 0.263. The molecule has 0 aliphatic rings. The summed E-state index contributed by atoms with van der Waals surface area (Å²) in [7, 11) is 0. The number of hydrogen-bond acceptors (Lipinski definition) is 9. The van der Waals surface area contributed by atoms with Crippen LogP contribution in [0.25, 0.3) is 11.1 Å². The van der Waals surface area contributed by atoms with Gasteiger partial charge >= 0.3 is 0 Å². The van der Waals surface area contributed by atoms with Crippen LogP contribution in [-0.4, -0.2) is 46.1 Å². The highest BCUT2D eigenvalue weighted by atomic mass is 16.5. The van der Waals surface area contributed by atoms with Crippen LogP contribution in [0.5, 0.6) is 5.75 Å². The summed E-state index contributed by atoms with van der Waals surface area (Å²) in [6.45, 7) is 6.40. The van der Waals surface area contributed by atoms with Gasteiger partial charge in [0.15, 0.2) is 6.33 Å². The number of ether oxygens (including phenoxy) is 1. The van der Waals surface area contributed by atoms with Gasteiger partial charge in [-0.05, 0) is 43.7 Å². The van der Waals surface area contributed by atoms with Crippen molar-refractivity contribution in [2.45, 2.75) is 39.5 Å². The van der Waals surface area contributed by atoms with Crippen molar-refractivity contribution in [2.75, 3.05) is 5.32 Å². The van der Waals surface area contributed by atoms with Crippen LogP contribution in [0.3, 0.4) is 0 Å². The Bertz CT molecular complexity index is 1210. The number of benzene rings is 1. The van der Waals surface area contributed by atoms with E-state index in [1.54, 1.807) is 24.7 Å². The number of nitrogens with zero attached hydrogens (tertiary/aromatic N) is 9. The summed E-state index contributed by atoms with van der Waals surface area (Å²) in [4.78, 5) is 10.2. The third-order valence-electron chi connectivity index (χ3n) is 4.61. The Morgan fingerprint density at radius 3 is 2.56 bits per heavy atom. The lowest BCUT2D eigenvalue weighted by Crippen LogP contribution is -2.21. The highest BCUT2D eigenvalue weighted by Gasteiger charge is 2.13. The fraction of sp³-hybridized carbons (Fsp3) is 0.286. The van der Waals surface area contributed by atoms with E-state index in [0.717, 1.165) is 16.8 Å². The summed E-state index contributed by atoms with van der Waals surface area (Å²) in [5.41, 5.74) is 2.89. The van der Waals surface area contributed by atoms with Gasteiger partial charge in [0.2, 0.25) is 5.95 Å². The molecule has 0 bridgehead atoms. The van der Waals surface area contributed by atoms with Crippen molar-refractivity contribution in [3.05, 3.63) is 54.9 Å². The molecule has 3 heterocycles. The molecule has 4 rings (SSSR count). The molecule has 0 aliphatic heterocycles. The molecule has 11 heteroatoms. The van der Waals surface area contributed by atoms with Gasteiger partial charge in [0.1, 0.15) is 17.9 Å². The van der Waals surface area contributed by atoms with Gasteiger partial charge in [-0.15, -0.1) is 10.2 Å². The zero-order valence-corrected chi connectivity index (χ0v) is 17.9. The van der Waals surface area contributed by atoms with Crippen LogP contribution in [0.1, 0.15) is 32.4 Å². The molecule has 0 spiro atoms. The molecular weight excluding hydrogens is 408 g/mol. The first-order chi connectivity index (χ1) is 15.5. The van der Waals surface area contributed by atoms with E-state index in [4.69, 9.17) is 4.74 Å². The van der Waals surface area contributed by atoms with Crippen molar-refractivity contribution in [1.82, 2.24) is 40.0 Å². The Balaban J connectivity index is 1.49. The highest BCUT2D eigenvalue weighted by Crippen LogP contribution is 2.28. The molecule has 0 amide bonds. The lowest BCUT2D eigenvalue weighted by molar-refractivity contribution is 0.185. The Morgan fingerprint density at radius 2 is 1.91 bits per heavy atom. The Labute approximate surface area is 184 Å². The van der Waals surface area contributed by atoms with Crippen LogP contribution in [0.15, 0.2) is 49.3 Å². The molecule has 162 valence electrons. The molecule has 3 aromatic heterocycles. The molecular formula is C21H22N10O. The molecule has 32 heavy (non-hydrogen) atoms. The smallest absolute Gasteiger partial charge is 0.227 e. The number of anilines is 2. The van der Waals surface area contributed by atoms with Crippen molar-refractivity contribution >= 4 is 11.6 Å². The second-order valence-electron chi connectivity index (χ2n) is 7.47. The van der Waals surface area contributed by atoms with Gasteiger partial charge < -0.3 is 10.1 Å². The first-order valence-electron chi connectivity index (χ1n) is 10.1. The van der Waals surface area contributed by atoms with Crippen molar-refractivity contribution in [3.8, 4) is 22.9 Å². The van der Waals surface area contributed by atoms with Crippen LogP contribution in [0, 0.1) is 11.3 Å². The topological polar surface area (TPSA) is 132 Å². The number of aromatic nitrogens is 8. The molecule has 0 radical (unpaired) electrons. The lowest BCUT2D eigenvalue weighted by Gasteiger charge is -2.16. The molecule has 1 atom stereocenters. The van der Waals surface area contributed by atoms with Gasteiger partial charge in [-0.1, -0.05) is 6.07 Å². The number of nitrogens with one attached hydrogen (secondary N) is 1. The van der Waals surface area contributed by atoms with Crippen molar-refractivity contribution in [1.29, 1.82) is 5.26 Å². The van der Waals surface area contributed by atoms with E-state index in [-0.39, 0.29) is 12.1 Å². The third-order valence-corrected chi connectivity index (χ3v) is 4.61. The standard InChI is InChI=1S/C21H22N10O/c1-14(2)30-12-19(10-26-30)28-21-23-8-18(9-24-21)16-4-5-17(7-22)20(6-16)32-15(3)11-31-27-13-25-29-31/h4-6,8-10,12-15H,11H2,1-3H3,(H,23,24,28). The summed E-state index contributed by atoms with van der Waals surface area (Å²) >= 11 is 0. The molecule has 1 aromatic carbocycles. The summed E-state index contributed by atoms with van der Waals surface area (Å²) in [5.74, 6) is 0.942. The highest BCUT2D eigenvalue weighted by molar-refractivity contribution is 5.66. The molecule has 4 aromatic rings. The monoisotopic (exact) mass is 430 g/mol. The fourth-order valence-electron chi connectivity index (χ4n) is 3.00. The summed E-state index contributed by atoms with van der Waals surface area (Å²) < 4.78 is 7.84. The first kappa shape index (κ1) is 20.9. The van der Waals surface area contributed by atoms with Crippen molar-refractivity contribution in [3.63, 3.8) is 0 Å². The molecule has 0 saturated heterocycles. The van der Waals surface area contributed by atoms with Gasteiger partial charge in [0.25, 0.3) is 0 Å². The van der Waals surface area contributed by atoms with Crippen LogP contribution in [0.4, 0.5) is 11.6 Å². The Hall–Kier alpha value is -4.33. The third kappa shape index (κ3) is 4.86. The van der Waals surface area contributed by atoms with Crippen LogP contribution < -0.4 is 10.1 Å². The predicted molar refractivity (Wildman–Crippen MR) is 116 cm³/mol. The lowest BCUT2D eigenvalue weighted by atomic mass is 10.1. The molecule has 11 nitrogen and oxygen atoms in total. The average Bonchev–Trinajstić information content (AvgIpc) is 3.46. The maximum Gasteiger partial charge on any atom is 0.227 e. The number of nitriles is 1. The average molecular weight is 430 g/mol. The van der Waals surface area contributed by atoms with Gasteiger partial charge in [0, 0.05) is 30.2 Å². The fourth-order valence-corrected chi connectivity index (χ4v) is 3.00. The maximum atomic E-state index is 9.45. The van der Waals surface area contributed by atoms with Gasteiger partial charge in [-0.25, -0.2) is 9.97 Å². The summed E-state index contributed by atoms with van der Waals surface area (Å²) in [6, 6.07) is 7.80. The molecule has 1 unspecified atom stereocenters. The molecule has 0 aliphatic carbocycles. The van der Waals surface area contributed by atoms with Crippen molar-refractivity contribution in [2.24, 2.45) is 0 Å². The van der Waals surface area contributed by atoms with Gasteiger partial charge in [-0.2, -0.15) is 15.2 Å². The summed E-state index contributed by atoms with van der Waals surface area (Å²) in [6.07, 6.45) is 8.18. The minimum Gasteiger partial charge on any atom is -0.487 e. The van der Waals surface area contributed by atoms with Crippen LogP contribution in [0.2, 0.25) is 0 Å². The largest absolute Gasteiger partial charge is 0.487 e. The van der Waals surface area contributed by atoms with Crippen LogP contribution in [-0.2, 0) is 6.54 Å². The molecule has 1 N–H and O–H groups in total. The second kappa shape index (κ2) is 9.22. The van der Waals surface area contributed by atoms with E-state index >= 15 is 0 Å². The maximum absolute atomic E-state index is 9.45. The van der Waals surface area contributed by atoms with Crippen LogP contribution >= 0.6 is 0 Å². The minimum atomic E-state index is -0.263. The number of hydrogen-bond donors (Lipinski definition) is 1. The Morgan fingerprint density at radius 1 is 1.09 bits per heavy atom. The normalized spacial score (nSPS) is 11.8. The van der Waals surface area contributed by atoms with E-state index in [1.165, 1.54) is 11.1 Å². The van der Waals surface area contributed by atoms with Gasteiger partial charge in [-0.3, -0.25) is 4.68 Å². The number of tetrazole rings is 1. The van der Waals surface area contributed by atoms with E-state index in [1.807, 2.05) is 29.9 Å².